The maximum Gasteiger partial charge on any atom is 0.228 e. The predicted octanol–water partition coefficient (Wildman–Crippen LogP) is 1.20. The highest BCUT2D eigenvalue weighted by Gasteiger charge is 2.38. The molecule has 0 N–H and O–H groups in total. The molecule has 6 nitrogen and oxygen atoms in total. The Balaban J connectivity index is 1.55. The molecule has 6 heteroatoms. The Morgan fingerprint density at radius 2 is 2.29 bits per heavy atom. The van der Waals surface area contributed by atoms with E-state index in [-0.39, 0.29) is 17.7 Å². The van der Waals surface area contributed by atoms with Gasteiger partial charge in [0.05, 0.1) is 12.5 Å². The highest BCUT2D eigenvalue weighted by Crippen LogP contribution is 2.32. The van der Waals surface area contributed by atoms with E-state index >= 15 is 0 Å². The molecular formula is C15H21N3O3. The number of nitrogens with zero attached hydrogens (tertiary/aromatic N) is 3. The largest absolute Gasteiger partial charge is 0.361 e. The number of hydrogen-bond acceptors (Lipinski definition) is 4. The summed E-state index contributed by atoms with van der Waals surface area (Å²) in [6, 6.07) is 1.82. The summed E-state index contributed by atoms with van der Waals surface area (Å²) in [5, 5.41) is 3.90. The van der Waals surface area contributed by atoms with Crippen LogP contribution in [-0.4, -0.2) is 46.9 Å². The maximum absolute atomic E-state index is 12.4. The summed E-state index contributed by atoms with van der Waals surface area (Å²) in [5.74, 6) is 1.32. The van der Waals surface area contributed by atoms with Crippen molar-refractivity contribution in [2.45, 2.75) is 32.7 Å². The van der Waals surface area contributed by atoms with E-state index in [0.717, 1.165) is 18.0 Å². The van der Waals surface area contributed by atoms with E-state index < -0.39 is 0 Å². The summed E-state index contributed by atoms with van der Waals surface area (Å²) in [6.07, 6.45) is 2.77. The third kappa shape index (κ3) is 3.25. The minimum Gasteiger partial charge on any atom is -0.361 e. The average molecular weight is 291 g/mol. The molecule has 1 aliphatic heterocycles. The molecule has 2 heterocycles. The summed E-state index contributed by atoms with van der Waals surface area (Å²) in [5.41, 5.74) is 0.738. The Bertz CT molecular complexity index is 550. The topological polar surface area (TPSA) is 66.7 Å². The molecule has 1 aromatic rings. The van der Waals surface area contributed by atoms with Crippen LogP contribution in [0.15, 0.2) is 10.6 Å². The molecule has 3 rings (SSSR count). The highest BCUT2D eigenvalue weighted by molar-refractivity contribution is 5.89. The first-order chi connectivity index (χ1) is 10.0. The van der Waals surface area contributed by atoms with Gasteiger partial charge in [0.15, 0.2) is 0 Å². The summed E-state index contributed by atoms with van der Waals surface area (Å²) in [7, 11) is 1.75. The van der Waals surface area contributed by atoms with E-state index in [1.54, 1.807) is 11.9 Å². The first-order valence-electron chi connectivity index (χ1n) is 7.48. The van der Waals surface area contributed by atoms with Crippen molar-refractivity contribution in [1.29, 1.82) is 0 Å². The summed E-state index contributed by atoms with van der Waals surface area (Å²) in [4.78, 5) is 27.9. The Hall–Kier alpha value is -1.85. The van der Waals surface area contributed by atoms with Crippen LogP contribution in [0.3, 0.4) is 0 Å². The number of rotatable bonds is 5. The van der Waals surface area contributed by atoms with Crippen LogP contribution in [0.2, 0.25) is 0 Å². The fraction of sp³-hybridized carbons (Fsp3) is 0.667. The molecule has 1 atom stereocenters. The van der Waals surface area contributed by atoms with Crippen LogP contribution < -0.4 is 0 Å². The van der Waals surface area contributed by atoms with Crippen molar-refractivity contribution in [3.8, 4) is 0 Å². The second-order valence-electron chi connectivity index (χ2n) is 6.27. The Morgan fingerprint density at radius 3 is 2.90 bits per heavy atom. The lowest BCUT2D eigenvalue weighted by atomic mass is 10.1. The molecule has 2 amide bonds. The van der Waals surface area contributed by atoms with E-state index in [9.17, 15) is 9.59 Å². The van der Waals surface area contributed by atoms with Crippen LogP contribution in [0, 0.1) is 18.8 Å². The third-order valence-corrected chi connectivity index (χ3v) is 4.19. The van der Waals surface area contributed by atoms with Gasteiger partial charge >= 0.3 is 0 Å². The lowest BCUT2D eigenvalue weighted by molar-refractivity contribution is -0.135. The van der Waals surface area contributed by atoms with Gasteiger partial charge in [0, 0.05) is 32.6 Å². The highest BCUT2D eigenvalue weighted by atomic mass is 16.5. The van der Waals surface area contributed by atoms with Crippen molar-refractivity contribution in [3.63, 3.8) is 0 Å². The summed E-state index contributed by atoms with van der Waals surface area (Å²) < 4.78 is 5.01. The lowest BCUT2D eigenvalue weighted by Crippen LogP contribution is -2.34. The first-order valence-corrected chi connectivity index (χ1v) is 7.48. The molecule has 1 aromatic heterocycles. The van der Waals surface area contributed by atoms with Gasteiger partial charge in [0.25, 0.3) is 0 Å². The molecule has 1 saturated carbocycles. The number of aryl methyl sites for hydroxylation is 1. The van der Waals surface area contributed by atoms with Gasteiger partial charge in [-0.2, -0.15) is 0 Å². The average Bonchev–Trinajstić information content (AvgIpc) is 3.06. The zero-order chi connectivity index (χ0) is 15.0. The number of carbonyl (C=O) groups is 2. The van der Waals surface area contributed by atoms with Gasteiger partial charge in [0.1, 0.15) is 11.5 Å². The Kier molecular flexibility index (Phi) is 3.69. The van der Waals surface area contributed by atoms with Gasteiger partial charge < -0.3 is 14.3 Å². The molecule has 1 saturated heterocycles. The van der Waals surface area contributed by atoms with Crippen molar-refractivity contribution in [3.05, 3.63) is 17.5 Å². The SMILES string of the molecule is Cc1cc(CN(C)C(=O)[C@@H]2CC(=O)N(CC3CC3)C2)no1. The fourth-order valence-corrected chi connectivity index (χ4v) is 2.85. The summed E-state index contributed by atoms with van der Waals surface area (Å²) >= 11 is 0. The second kappa shape index (κ2) is 5.50. The third-order valence-electron chi connectivity index (χ3n) is 4.19. The van der Waals surface area contributed by atoms with Gasteiger partial charge in [-0.25, -0.2) is 0 Å². The first kappa shape index (κ1) is 14.1. The molecule has 2 fully saturated rings. The normalized spacial score (nSPS) is 21.9. The number of aromatic nitrogens is 1. The van der Waals surface area contributed by atoms with Crippen LogP contribution >= 0.6 is 0 Å². The molecule has 0 radical (unpaired) electrons. The molecule has 1 aliphatic carbocycles. The smallest absolute Gasteiger partial charge is 0.228 e. The van der Waals surface area contributed by atoms with Gasteiger partial charge in [-0.3, -0.25) is 9.59 Å². The van der Waals surface area contributed by atoms with E-state index in [4.69, 9.17) is 4.52 Å². The van der Waals surface area contributed by atoms with E-state index in [0.29, 0.717) is 25.4 Å². The van der Waals surface area contributed by atoms with Crippen LogP contribution in [-0.2, 0) is 16.1 Å². The van der Waals surface area contributed by atoms with E-state index in [1.807, 2.05) is 17.9 Å². The molecule has 21 heavy (non-hydrogen) atoms. The zero-order valence-electron chi connectivity index (χ0n) is 12.5. The quantitative estimate of drug-likeness (QED) is 0.817. The predicted molar refractivity (Wildman–Crippen MR) is 75.1 cm³/mol. The minimum atomic E-state index is -0.214. The van der Waals surface area contributed by atoms with Crippen molar-refractivity contribution < 1.29 is 14.1 Å². The monoisotopic (exact) mass is 291 g/mol. The van der Waals surface area contributed by atoms with Gasteiger partial charge in [-0.05, 0) is 25.7 Å². The second-order valence-corrected chi connectivity index (χ2v) is 6.27. The van der Waals surface area contributed by atoms with Crippen molar-refractivity contribution >= 4 is 11.8 Å². The minimum absolute atomic E-state index is 0.0160. The molecule has 2 aliphatic rings. The Morgan fingerprint density at radius 1 is 1.52 bits per heavy atom. The fourth-order valence-electron chi connectivity index (χ4n) is 2.85. The van der Waals surface area contributed by atoms with Crippen LogP contribution in [0.25, 0.3) is 0 Å². The van der Waals surface area contributed by atoms with Crippen LogP contribution in [0.5, 0.6) is 0 Å². The molecule has 0 spiro atoms. The van der Waals surface area contributed by atoms with Gasteiger partial charge in [-0.15, -0.1) is 0 Å². The van der Waals surface area contributed by atoms with E-state index in [2.05, 4.69) is 5.16 Å². The van der Waals surface area contributed by atoms with Crippen molar-refractivity contribution in [2.75, 3.05) is 20.1 Å². The number of likely N-dealkylation sites (tertiary alicyclic amines) is 1. The Labute approximate surface area is 124 Å². The number of hydrogen-bond donors (Lipinski definition) is 0. The molecule has 0 aromatic carbocycles. The lowest BCUT2D eigenvalue weighted by Gasteiger charge is -2.20. The summed E-state index contributed by atoms with van der Waals surface area (Å²) in [6.45, 7) is 3.64. The van der Waals surface area contributed by atoms with Gasteiger partial charge in [0.2, 0.25) is 11.8 Å². The molecule has 0 bridgehead atoms. The number of carbonyl (C=O) groups excluding carboxylic acids is 2. The molecular weight excluding hydrogens is 270 g/mol. The molecule has 114 valence electrons. The number of amides is 2. The standard InChI is InChI=1S/C15H21N3O3/c1-10-5-13(16-21-10)9-17(2)15(20)12-6-14(19)18(8-12)7-11-3-4-11/h5,11-12H,3-4,6-9H2,1-2H3/t12-/m1/s1. The van der Waals surface area contributed by atoms with Gasteiger partial charge in [-0.1, -0.05) is 5.16 Å². The zero-order valence-corrected chi connectivity index (χ0v) is 12.5. The van der Waals surface area contributed by atoms with Crippen LogP contribution in [0.4, 0.5) is 0 Å². The van der Waals surface area contributed by atoms with Crippen LogP contribution in [0.1, 0.15) is 30.7 Å². The maximum atomic E-state index is 12.4. The van der Waals surface area contributed by atoms with Crippen molar-refractivity contribution in [1.82, 2.24) is 15.0 Å². The molecule has 0 unspecified atom stereocenters. The van der Waals surface area contributed by atoms with E-state index in [1.165, 1.54) is 12.8 Å². The van der Waals surface area contributed by atoms with Crippen molar-refractivity contribution in [2.24, 2.45) is 11.8 Å².